The van der Waals surface area contributed by atoms with Crippen LogP contribution in [0.15, 0.2) is 157 Å². The van der Waals surface area contributed by atoms with Gasteiger partial charge >= 0.3 is 35.4 Å². The van der Waals surface area contributed by atoms with Crippen molar-refractivity contribution in [3.05, 3.63) is 205 Å². The number of carbonyl (C=O) groups is 5. The van der Waals surface area contributed by atoms with Gasteiger partial charge in [-0.2, -0.15) is 0 Å². The molecule has 24 heteroatoms. The van der Waals surface area contributed by atoms with Crippen molar-refractivity contribution in [2.24, 2.45) is 0 Å². The summed E-state index contributed by atoms with van der Waals surface area (Å²) in [6.45, 7) is 7.29. The molecule has 5 aliphatic rings. The van der Waals surface area contributed by atoms with Crippen molar-refractivity contribution in [2.75, 3.05) is 57.7 Å². The van der Waals surface area contributed by atoms with Crippen LogP contribution in [-0.4, -0.2) is 144 Å². The normalized spacial score (nSPS) is 17.6. The minimum Gasteiger partial charge on any atom is -0.436 e. The first kappa shape index (κ1) is 62.3. The van der Waals surface area contributed by atoms with E-state index in [2.05, 4.69) is 35.6 Å². The lowest BCUT2D eigenvalue weighted by Gasteiger charge is -2.45. The molecule has 0 aliphatic carbocycles. The Kier molecular flexibility index (Phi) is 17.9. The number of carbonyl (C=O) groups excluding carboxylic acids is 5. The van der Waals surface area contributed by atoms with E-state index < -0.39 is 41.4 Å². The number of aromatic nitrogens is 6. The van der Waals surface area contributed by atoms with Crippen LogP contribution in [0.25, 0.3) is 33.5 Å². The number of ether oxygens (including phenoxy) is 2. The van der Waals surface area contributed by atoms with Gasteiger partial charge in [-0.15, -0.1) is 0 Å². The number of likely N-dealkylation sites (tertiary alicyclic amines) is 4. The van der Waals surface area contributed by atoms with Crippen LogP contribution in [0, 0.1) is 13.8 Å². The van der Waals surface area contributed by atoms with Crippen LogP contribution in [0.1, 0.15) is 108 Å². The van der Waals surface area contributed by atoms with Gasteiger partial charge in [0, 0.05) is 124 Å². The number of nitrogens with one attached hydrogen (secondary N) is 5. The number of amides is 6. The number of piperidine rings is 4. The van der Waals surface area contributed by atoms with Crippen molar-refractivity contribution in [3.8, 4) is 11.3 Å². The quantitative estimate of drug-likeness (QED) is 0.0762. The first-order valence-electron chi connectivity index (χ1n) is 32.2. The summed E-state index contributed by atoms with van der Waals surface area (Å²) in [4.78, 5) is 128. The van der Waals surface area contributed by atoms with Crippen LogP contribution in [0.5, 0.6) is 0 Å². The number of rotatable bonds is 12. The molecule has 0 bridgehead atoms. The Hall–Kier alpha value is -10.5. The summed E-state index contributed by atoms with van der Waals surface area (Å²) in [5, 5.41) is 5.95. The number of imidazole rings is 1. The van der Waals surface area contributed by atoms with Crippen LogP contribution in [0.4, 0.5) is 20.1 Å². The summed E-state index contributed by atoms with van der Waals surface area (Å²) >= 11 is 0. The lowest BCUT2D eigenvalue weighted by molar-refractivity contribution is -0.142. The van der Waals surface area contributed by atoms with E-state index in [4.69, 9.17) is 18.3 Å². The smallest absolute Gasteiger partial charge is 0.417 e. The van der Waals surface area contributed by atoms with Crippen LogP contribution < -0.4 is 27.8 Å². The minimum atomic E-state index is -1.07. The standard InChI is InChI=1S/C36H38N6O6.C34H36N6O6/c1-23-19-24(20-30-32(23)39-35(45)47-30)21-31(33(43)40-15-10-26(11-16-40)28-9-5-6-14-37-28)48-36(46)41-17-12-27(13-18-41)42-22-29(38-34(42)44)25-7-3-2-4-8-25;1-21-18-22(19-27-29(21)37-32(43)45-27)20-28(30(41)39-14-9-23(10-15-39)25-7-4-5-13-35-25)46-33(44)40-16-11-34(12-17-40)24-6-2-3-8-26(24)36-31(42)38-34/h2-9,14,19-20,22,26-27,31H,10-13,15-18,21H2,1H3,(H,38,44)(H,39,45);2-8,13,18-19,23,28H,9-12,14-17,20H2,1H3,(H,37,43)(H2,36,38,42). The highest BCUT2D eigenvalue weighted by Crippen LogP contribution is 2.40. The number of H-pyrrole nitrogens is 3. The summed E-state index contributed by atoms with van der Waals surface area (Å²) in [6.07, 6.45) is 7.62. The largest absolute Gasteiger partial charge is 0.436 e. The van der Waals surface area contributed by atoms with Crippen molar-refractivity contribution in [2.45, 2.75) is 114 Å². The number of anilines is 1. The van der Waals surface area contributed by atoms with Crippen molar-refractivity contribution < 1.29 is 42.3 Å². The Morgan fingerprint density at radius 2 is 1.04 bits per heavy atom. The van der Waals surface area contributed by atoms with Gasteiger partial charge in [0.05, 0.1) is 22.3 Å². The van der Waals surface area contributed by atoms with E-state index in [1.54, 1.807) is 48.7 Å². The molecule has 24 nitrogen and oxygen atoms in total. The van der Waals surface area contributed by atoms with Crippen molar-refractivity contribution >= 4 is 57.9 Å². The van der Waals surface area contributed by atoms with Crippen LogP contribution in [0.2, 0.25) is 0 Å². The van der Waals surface area contributed by atoms with Crippen molar-refractivity contribution in [3.63, 3.8) is 0 Å². The Morgan fingerprint density at radius 1 is 0.564 bits per heavy atom. The number of urea groups is 1. The van der Waals surface area contributed by atoms with Gasteiger partial charge in [-0.3, -0.25) is 34.1 Å². The topological polar surface area (TPSA) is 296 Å². The molecule has 486 valence electrons. The molecule has 6 amide bonds. The highest BCUT2D eigenvalue weighted by Gasteiger charge is 2.44. The molecular formula is C70H74N12O12. The molecule has 14 rings (SSSR count). The Morgan fingerprint density at radius 3 is 1.55 bits per heavy atom. The van der Waals surface area contributed by atoms with E-state index >= 15 is 0 Å². The summed E-state index contributed by atoms with van der Waals surface area (Å²) < 4.78 is 24.4. The first-order valence-corrected chi connectivity index (χ1v) is 32.2. The predicted molar refractivity (Wildman–Crippen MR) is 348 cm³/mol. The van der Waals surface area contributed by atoms with E-state index in [0.29, 0.717) is 106 Å². The van der Waals surface area contributed by atoms with E-state index in [1.165, 1.54) is 0 Å². The molecule has 0 radical (unpaired) electrons. The molecular weight excluding hydrogens is 1200 g/mol. The molecule has 1 spiro atoms. The third kappa shape index (κ3) is 13.5. The van der Waals surface area contributed by atoms with Gasteiger partial charge in [-0.05, 0) is 135 Å². The van der Waals surface area contributed by atoms with Gasteiger partial charge in [-0.1, -0.05) is 72.8 Å². The van der Waals surface area contributed by atoms with Gasteiger partial charge in [0.15, 0.2) is 23.4 Å². The number of pyridine rings is 2. The maximum atomic E-state index is 14.0. The van der Waals surface area contributed by atoms with E-state index in [-0.39, 0.29) is 54.3 Å². The molecule has 5 N–H and O–H groups in total. The number of fused-ring (bicyclic) bond motifs is 4. The maximum Gasteiger partial charge on any atom is 0.417 e. The fraction of sp³-hybridized carbons (Fsp3) is 0.371. The summed E-state index contributed by atoms with van der Waals surface area (Å²) in [5.41, 5.74) is 9.70. The molecule has 5 aliphatic heterocycles. The lowest BCUT2D eigenvalue weighted by Crippen LogP contribution is -2.58. The van der Waals surface area contributed by atoms with E-state index in [9.17, 15) is 38.4 Å². The average molecular weight is 1280 g/mol. The van der Waals surface area contributed by atoms with E-state index in [1.807, 2.05) is 123 Å². The highest BCUT2D eigenvalue weighted by molar-refractivity contribution is 5.94. The van der Waals surface area contributed by atoms with Gasteiger partial charge < -0.3 is 53.5 Å². The molecule has 94 heavy (non-hydrogen) atoms. The maximum absolute atomic E-state index is 14.0. The second-order valence-electron chi connectivity index (χ2n) is 25.1. The second kappa shape index (κ2) is 27.0. The summed E-state index contributed by atoms with van der Waals surface area (Å²) in [7, 11) is 0. The number of benzene rings is 4. The van der Waals surface area contributed by atoms with E-state index in [0.717, 1.165) is 76.3 Å². The summed E-state index contributed by atoms with van der Waals surface area (Å²) in [6, 6.07) is 36.0. The van der Waals surface area contributed by atoms with Crippen molar-refractivity contribution in [1.29, 1.82) is 0 Å². The summed E-state index contributed by atoms with van der Waals surface area (Å²) in [5.74, 6) is -1.10. The van der Waals surface area contributed by atoms with Crippen LogP contribution in [-0.2, 0) is 37.4 Å². The molecule has 2 atom stereocenters. The first-order chi connectivity index (χ1) is 45.6. The number of aromatic amines is 3. The average Bonchev–Trinajstić information content (AvgIpc) is 1.01. The number of oxazole rings is 2. The number of hydrogen-bond acceptors (Lipinski definition) is 14. The SMILES string of the molecule is Cc1cc(CC(OC(=O)N2CCC(n3cc(-c4ccccc4)[nH]c3=O)CC2)C(=O)N2CCC(c3ccccn3)CC2)cc2oc(=O)[nH]c12.Cc1cc(CC(OC(=O)N2CCC3(CC2)NC(=O)Nc2ccccc23)C(=O)N2CCC(c3ccccn3)CC2)cc2oc(=O)[nH]c12. The fourth-order valence-corrected chi connectivity index (χ4v) is 14.1. The van der Waals surface area contributed by atoms with Gasteiger partial charge in [0.25, 0.3) is 11.8 Å². The molecule has 2 unspecified atom stereocenters. The zero-order valence-corrected chi connectivity index (χ0v) is 52.3. The number of aryl methyl sites for hydroxylation is 2. The van der Waals surface area contributed by atoms with Gasteiger partial charge in [0.2, 0.25) is 0 Å². The highest BCUT2D eigenvalue weighted by atomic mass is 16.6. The van der Waals surface area contributed by atoms with Gasteiger partial charge in [-0.25, -0.2) is 28.8 Å². The van der Waals surface area contributed by atoms with Gasteiger partial charge in [0.1, 0.15) is 0 Å². The Bertz CT molecular complexity index is 4410. The lowest BCUT2D eigenvalue weighted by atomic mass is 9.79. The molecule has 5 aromatic heterocycles. The molecule has 10 heterocycles. The predicted octanol–water partition coefficient (Wildman–Crippen LogP) is 9.18. The zero-order chi connectivity index (χ0) is 65.0. The number of hydrogen-bond donors (Lipinski definition) is 5. The van der Waals surface area contributed by atoms with Crippen molar-refractivity contribution in [1.82, 2.24) is 54.4 Å². The Balaban J connectivity index is 0.000000171. The second-order valence-corrected chi connectivity index (χ2v) is 25.1. The van der Waals surface area contributed by atoms with Crippen LogP contribution in [0.3, 0.4) is 0 Å². The molecule has 0 saturated carbocycles. The fourth-order valence-electron chi connectivity index (χ4n) is 14.1. The molecule has 9 aromatic rings. The number of para-hydroxylation sites is 1. The zero-order valence-electron chi connectivity index (χ0n) is 52.3. The molecule has 4 fully saturated rings. The minimum absolute atomic E-state index is 0.0706. The third-order valence-electron chi connectivity index (χ3n) is 19.1. The molecule has 4 saturated heterocycles. The Labute approximate surface area is 539 Å². The monoisotopic (exact) mass is 1270 g/mol. The number of nitrogens with zero attached hydrogens (tertiary/aromatic N) is 7. The molecule has 4 aromatic carbocycles. The third-order valence-corrected chi connectivity index (χ3v) is 19.1. The van der Waals surface area contributed by atoms with Crippen LogP contribution >= 0.6 is 0 Å².